The molecule has 0 aliphatic heterocycles. The van der Waals surface area contributed by atoms with Gasteiger partial charge in [0.05, 0.1) is 0 Å². The highest BCUT2D eigenvalue weighted by molar-refractivity contribution is 5.94. The highest BCUT2D eigenvalue weighted by Gasteiger charge is 2.14. The zero-order valence-corrected chi connectivity index (χ0v) is 10.4. The van der Waals surface area contributed by atoms with E-state index in [1.165, 1.54) is 6.92 Å². The monoisotopic (exact) mass is 242 g/mol. The standard InChI is InChI=1S/C16H15FO/c1-12(18)14-9-6-13(7-10-14)8-11-15-4-2-3-5-16(15)17/h4,6-7,9-10,16H,2-3,5H2,1H3. The quantitative estimate of drug-likeness (QED) is 0.542. The summed E-state index contributed by atoms with van der Waals surface area (Å²) >= 11 is 0. The van der Waals surface area contributed by atoms with Crippen LogP contribution in [0.4, 0.5) is 4.39 Å². The van der Waals surface area contributed by atoms with Crippen molar-refractivity contribution in [2.75, 3.05) is 0 Å². The maximum absolute atomic E-state index is 13.5. The molecule has 0 fully saturated rings. The Morgan fingerprint density at radius 1 is 1.28 bits per heavy atom. The van der Waals surface area contributed by atoms with Crippen molar-refractivity contribution in [2.45, 2.75) is 32.4 Å². The van der Waals surface area contributed by atoms with Crippen molar-refractivity contribution in [3.63, 3.8) is 0 Å². The predicted molar refractivity (Wildman–Crippen MR) is 70.2 cm³/mol. The molecule has 92 valence electrons. The van der Waals surface area contributed by atoms with Gasteiger partial charge in [-0.15, -0.1) is 0 Å². The first-order chi connectivity index (χ1) is 8.66. The summed E-state index contributed by atoms with van der Waals surface area (Å²) in [6.45, 7) is 1.53. The number of carbonyl (C=O) groups excluding carboxylic acids is 1. The van der Waals surface area contributed by atoms with Crippen molar-refractivity contribution in [2.24, 2.45) is 0 Å². The van der Waals surface area contributed by atoms with Gasteiger partial charge in [-0.05, 0) is 38.3 Å². The average Bonchev–Trinajstić information content (AvgIpc) is 2.38. The van der Waals surface area contributed by atoms with Gasteiger partial charge in [-0.25, -0.2) is 4.39 Å². The van der Waals surface area contributed by atoms with Gasteiger partial charge in [0.1, 0.15) is 6.17 Å². The van der Waals surface area contributed by atoms with Crippen molar-refractivity contribution in [1.82, 2.24) is 0 Å². The molecule has 18 heavy (non-hydrogen) atoms. The molecule has 1 aliphatic rings. The molecule has 1 nitrogen and oxygen atoms in total. The van der Waals surface area contributed by atoms with Crippen molar-refractivity contribution < 1.29 is 9.18 Å². The van der Waals surface area contributed by atoms with Crippen LogP contribution in [0.5, 0.6) is 0 Å². The van der Waals surface area contributed by atoms with E-state index in [1.807, 2.05) is 6.08 Å². The zero-order valence-electron chi connectivity index (χ0n) is 10.4. The molecule has 1 aromatic rings. The topological polar surface area (TPSA) is 17.1 Å². The van der Waals surface area contributed by atoms with Crippen LogP contribution in [-0.2, 0) is 0 Å². The van der Waals surface area contributed by atoms with Gasteiger partial charge >= 0.3 is 0 Å². The molecule has 0 saturated heterocycles. The maximum Gasteiger partial charge on any atom is 0.159 e. The van der Waals surface area contributed by atoms with Crippen LogP contribution in [0.25, 0.3) is 0 Å². The van der Waals surface area contributed by atoms with Gasteiger partial charge in [0.15, 0.2) is 5.78 Å². The zero-order chi connectivity index (χ0) is 13.0. The summed E-state index contributed by atoms with van der Waals surface area (Å²) in [5, 5.41) is 0. The number of allylic oxidation sites excluding steroid dienone is 2. The number of ketones is 1. The molecule has 0 aromatic heterocycles. The van der Waals surface area contributed by atoms with E-state index in [1.54, 1.807) is 24.3 Å². The molecule has 1 atom stereocenters. The van der Waals surface area contributed by atoms with Gasteiger partial charge in [-0.2, -0.15) is 0 Å². The fourth-order valence-corrected chi connectivity index (χ4v) is 1.90. The lowest BCUT2D eigenvalue weighted by atomic mass is 9.98. The molecule has 0 N–H and O–H groups in total. The minimum atomic E-state index is -0.914. The molecule has 0 saturated carbocycles. The smallest absolute Gasteiger partial charge is 0.159 e. The number of benzene rings is 1. The fraction of sp³-hybridized carbons (Fsp3) is 0.312. The van der Waals surface area contributed by atoms with E-state index in [2.05, 4.69) is 11.8 Å². The fourth-order valence-electron chi connectivity index (χ4n) is 1.90. The molecule has 0 radical (unpaired) electrons. The van der Waals surface area contributed by atoms with Crippen LogP contribution >= 0.6 is 0 Å². The van der Waals surface area contributed by atoms with Gasteiger partial charge in [0, 0.05) is 16.7 Å². The number of rotatable bonds is 1. The van der Waals surface area contributed by atoms with Gasteiger partial charge in [0.2, 0.25) is 0 Å². The Kier molecular flexibility index (Phi) is 3.94. The van der Waals surface area contributed by atoms with Crippen LogP contribution in [-0.4, -0.2) is 12.0 Å². The summed E-state index contributed by atoms with van der Waals surface area (Å²) in [6.07, 6.45) is 3.35. The second kappa shape index (κ2) is 5.64. The van der Waals surface area contributed by atoms with Gasteiger partial charge < -0.3 is 0 Å². The number of halogens is 1. The van der Waals surface area contributed by atoms with E-state index in [4.69, 9.17) is 0 Å². The summed E-state index contributed by atoms with van der Waals surface area (Å²) in [5.41, 5.74) is 2.07. The van der Waals surface area contributed by atoms with Crippen LogP contribution in [0.1, 0.15) is 42.1 Å². The molecule has 1 aromatic carbocycles. The molecule has 1 aliphatic carbocycles. The van der Waals surface area contributed by atoms with Crippen LogP contribution in [0.15, 0.2) is 35.9 Å². The molecule has 1 unspecified atom stereocenters. The van der Waals surface area contributed by atoms with Crippen LogP contribution in [0.3, 0.4) is 0 Å². The Bertz CT molecular complexity index is 528. The summed E-state index contributed by atoms with van der Waals surface area (Å²) in [7, 11) is 0. The molecule has 0 amide bonds. The second-order valence-electron chi connectivity index (χ2n) is 4.44. The molecule has 0 heterocycles. The minimum Gasteiger partial charge on any atom is -0.295 e. The highest BCUT2D eigenvalue weighted by Crippen LogP contribution is 2.20. The van der Waals surface area contributed by atoms with E-state index in [-0.39, 0.29) is 5.78 Å². The average molecular weight is 242 g/mol. The first-order valence-electron chi connectivity index (χ1n) is 6.14. The lowest BCUT2D eigenvalue weighted by Crippen LogP contribution is -2.07. The Balaban J connectivity index is 2.14. The Morgan fingerprint density at radius 3 is 2.61 bits per heavy atom. The largest absolute Gasteiger partial charge is 0.295 e. The van der Waals surface area contributed by atoms with Crippen LogP contribution < -0.4 is 0 Å². The Hall–Kier alpha value is -1.88. The van der Waals surface area contributed by atoms with Gasteiger partial charge in [-0.3, -0.25) is 4.79 Å². The van der Waals surface area contributed by atoms with E-state index in [9.17, 15) is 9.18 Å². The van der Waals surface area contributed by atoms with Crippen molar-refractivity contribution in [3.05, 3.63) is 47.0 Å². The molecule has 2 heteroatoms. The van der Waals surface area contributed by atoms with Crippen LogP contribution in [0, 0.1) is 11.8 Å². The third kappa shape index (κ3) is 3.07. The van der Waals surface area contributed by atoms with E-state index in [0.717, 1.165) is 18.4 Å². The molecular formula is C16H15FO. The normalized spacial score (nSPS) is 18.6. The summed E-state index contributed by atoms with van der Waals surface area (Å²) in [4.78, 5) is 11.1. The molecular weight excluding hydrogens is 227 g/mol. The van der Waals surface area contributed by atoms with Crippen molar-refractivity contribution >= 4 is 5.78 Å². The van der Waals surface area contributed by atoms with Gasteiger partial charge in [-0.1, -0.05) is 30.0 Å². The Morgan fingerprint density at radius 2 is 2.00 bits per heavy atom. The third-order valence-electron chi connectivity index (χ3n) is 3.01. The molecule has 2 rings (SSSR count). The number of alkyl halides is 1. The Labute approximate surface area is 107 Å². The van der Waals surface area contributed by atoms with E-state index < -0.39 is 6.17 Å². The summed E-state index contributed by atoms with van der Waals surface area (Å²) in [6, 6.07) is 7.07. The third-order valence-corrected chi connectivity index (χ3v) is 3.01. The van der Waals surface area contributed by atoms with Crippen LogP contribution in [0.2, 0.25) is 0 Å². The molecule has 0 bridgehead atoms. The summed E-state index contributed by atoms with van der Waals surface area (Å²) in [5.74, 6) is 5.86. The lowest BCUT2D eigenvalue weighted by Gasteiger charge is -2.11. The SMILES string of the molecule is CC(=O)c1ccc(C#CC2=CCCCC2F)cc1. The lowest BCUT2D eigenvalue weighted by molar-refractivity contribution is 0.101. The van der Waals surface area contributed by atoms with Crippen molar-refractivity contribution in [3.8, 4) is 11.8 Å². The second-order valence-corrected chi connectivity index (χ2v) is 4.44. The predicted octanol–water partition coefficient (Wildman–Crippen LogP) is 3.69. The number of Topliss-reactive ketones (excluding diaryl/α,β-unsaturated/α-hetero) is 1. The molecule has 0 spiro atoms. The van der Waals surface area contributed by atoms with E-state index >= 15 is 0 Å². The number of carbonyl (C=O) groups is 1. The number of hydrogen-bond donors (Lipinski definition) is 0. The van der Waals surface area contributed by atoms with Crippen molar-refractivity contribution in [1.29, 1.82) is 0 Å². The highest BCUT2D eigenvalue weighted by atomic mass is 19.1. The summed E-state index contributed by atoms with van der Waals surface area (Å²) < 4.78 is 13.5. The van der Waals surface area contributed by atoms with Gasteiger partial charge in [0.25, 0.3) is 0 Å². The maximum atomic E-state index is 13.5. The number of hydrogen-bond acceptors (Lipinski definition) is 1. The van der Waals surface area contributed by atoms with E-state index in [0.29, 0.717) is 17.6 Å². The first kappa shape index (κ1) is 12.6. The first-order valence-corrected chi connectivity index (χ1v) is 6.14. The minimum absolute atomic E-state index is 0.0355.